The molecular weight excluding hydrogens is 436 g/mol. The van der Waals surface area contributed by atoms with Gasteiger partial charge in [-0.2, -0.15) is 0 Å². The molecule has 0 aliphatic heterocycles. The molecule has 2 rings (SSSR count). The summed E-state index contributed by atoms with van der Waals surface area (Å²) in [6.07, 6.45) is 3.03. The average molecular weight is 475 g/mol. The van der Waals surface area contributed by atoms with Gasteiger partial charge in [-0.15, -0.1) is 11.3 Å². The molecule has 33 heavy (non-hydrogen) atoms. The molecule has 0 saturated heterocycles. The highest BCUT2D eigenvalue weighted by molar-refractivity contribution is 7.09. The smallest absolute Gasteiger partial charge is 0.242 e. The molecule has 0 radical (unpaired) electrons. The highest BCUT2D eigenvalue weighted by Crippen LogP contribution is 2.28. The monoisotopic (exact) mass is 474 g/mol. The summed E-state index contributed by atoms with van der Waals surface area (Å²) in [5.41, 5.74) is 1.07. The fourth-order valence-electron chi connectivity index (χ4n) is 3.57. The number of nitrogens with zero attached hydrogens (tertiary/aromatic N) is 2. The number of amides is 2. The molecule has 0 fully saturated rings. The summed E-state index contributed by atoms with van der Waals surface area (Å²) in [5.74, 6) is 1.67. The molecule has 6 nitrogen and oxygen atoms in total. The van der Waals surface area contributed by atoms with Crippen LogP contribution in [0.4, 0.5) is 0 Å². The molecule has 0 aliphatic carbocycles. The van der Waals surface area contributed by atoms with E-state index in [0.717, 1.165) is 23.3 Å². The molecule has 0 spiro atoms. The van der Waals surface area contributed by atoms with E-state index in [1.165, 1.54) is 0 Å². The van der Waals surface area contributed by atoms with Crippen LogP contribution >= 0.6 is 11.3 Å². The number of hydrogen-bond donors (Lipinski definition) is 0. The van der Waals surface area contributed by atoms with E-state index in [1.807, 2.05) is 54.5 Å². The van der Waals surface area contributed by atoms with E-state index in [0.29, 0.717) is 44.0 Å². The summed E-state index contributed by atoms with van der Waals surface area (Å²) in [5, 5.41) is 2.02. The molecule has 1 aromatic heterocycles. The van der Waals surface area contributed by atoms with Crippen LogP contribution in [0.1, 0.15) is 50.5 Å². The summed E-state index contributed by atoms with van der Waals surface area (Å²) < 4.78 is 10.7. The summed E-state index contributed by atoms with van der Waals surface area (Å²) in [6.45, 7) is 8.02. The van der Waals surface area contributed by atoms with Gasteiger partial charge in [0, 0.05) is 24.4 Å². The van der Waals surface area contributed by atoms with Crippen molar-refractivity contribution in [3.05, 3.63) is 46.2 Å². The van der Waals surface area contributed by atoms with E-state index in [1.54, 1.807) is 30.5 Å². The topological polar surface area (TPSA) is 59.1 Å². The largest absolute Gasteiger partial charge is 0.493 e. The van der Waals surface area contributed by atoms with Gasteiger partial charge < -0.3 is 19.3 Å². The van der Waals surface area contributed by atoms with Gasteiger partial charge in [0.25, 0.3) is 0 Å². The second kappa shape index (κ2) is 13.9. The molecular formula is C26H38N2O4S. The van der Waals surface area contributed by atoms with Crippen molar-refractivity contribution in [3.8, 4) is 11.5 Å². The van der Waals surface area contributed by atoms with Gasteiger partial charge in [0.2, 0.25) is 11.8 Å². The number of carbonyl (C=O) groups excluding carboxylic acids is 2. The molecule has 182 valence electrons. The quantitative estimate of drug-likeness (QED) is 0.386. The minimum absolute atomic E-state index is 0.0166. The summed E-state index contributed by atoms with van der Waals surface area (Å²) in [4.78, 5) is 30.9. The third-order valence-electron chi connectivity index (χ3n) is 5.44. The van der Waals surface area contributed by atoms with Crippen molar-refractivity contribution in [2.75, 3.05) is 33.9 Å². The van der Waals surface area contributed by atoms with Crippen LogP contribution in [0.3, 0.4) is 0 Å². The van der Waals surface area contributed by atoms with Crippen LogP contribution in [0.5, 0.6) is 11.5 Å². The maximum Gasteiger partial charge on any atom is 0.242 e. The van der Waals surface area contributed by atoms with Gasteiger partial charge in [-0.1, -0.05) is 39.3 Å². The lowest BCUT2D eigenvalue weighted by Crippen LogP contribution is -2.44. The summed E-state index contributed by atoms with van der Waals surface area (Å²) in [7, 11) is 3.23. The minimum Gasteiger partial charge on any atom is -0.493 e. The molecule has 1 aromatic carbocycles. The zero-order chi connectivity index (χ0) is 24.2. The van der Waals surface area contributed by atoms with Gasteiger partial charge in [0.1, 0.15) is 0 Å². The molecule has 0 N–H and O–H groups in total. The predicted molar refractivity (Wildman–Crippen MR) is 134 cm³/mol. The molecule has 7 heteroatoms. The third kappa shape index (κ3) is 8.72. The molecule has 1 heterocycles. The van der Waals surface area contributed by atoms with Crippen LogP contribution < -0.4 is 9.47 Å². The van der Waals surface area contributed by atoms with Crippen LogP contribution in [0.25, 0.3) is 0 Å². The van der Waals surface area contributed by atoms with Crippen molar-refractivity contribution in [2.24, 2.45) is 5.92 Å². The molecule has 0 unspecified atom stereocenters. The number of hydrogen-bond acceptors (Lipinski definition) is 5. The summed E-state index contributed by atoms with van der Waals surface area (Å²) in [6, 6.07) is 9.87. The van der Waals surface area contributed by atoms with Crippen molar-refractivity contribution in [3.63, 3.8) is 0 Å². The standard InChI is InChI=1S/C26H38N2O4S/c1-6-7-13-27(25(29)16-20(2)3)19-26(30)28(18-22-9-8-15-33-22)14-12-21-10-11-23(31-4)24(17-21)32-5/h8-11,15,17,20H,6-7,12-14,16,18-19H2,1-5H3. The number of carbonyl (C=O) groups is 2. The van der Waals surface area contributed by atoms with Gasteiger partial charge in [-0.05, 0) is 47.9 Å². The van der Waals surface area contributed by atoms with Crippen LogP contribution in [0.15, 0.2) is 35.7 Å². The number of benzene rings is 1. The molecule has 0 saturated carbocycles. The number of unbranched alkanes of at least 4 members (excludes halogenated alkanes) is 1. The number of rotatable bonds is 14. The fourth-order valence-corrected chi connectivity index (χ4v) is 4.28. The Labute approximate surface area is 202 Å². The van der Waals surface area contributed by atoms with E-state index < -0.39 is 0 Å². The second-order valence-electron chi connectivity index (χ2n) is 8.60. The lowest BCUT2D eigenvalue weighted by atomic mass is 10.1. The van der Waals surface area contributed by atoms with E-state index >= 15 is 0 Å². The Bertz CT molecular complexity index is 867. The van der Waals surface area contributed by atoms with Crippen molar-refractivity contribution in [1.29, 1.82) is 0 Å². The van der Waals surface area contributed by atoms with Crippen molar-refractivity contribution in [1.82, 2.24) is 9.80 Å². The maximum atomic E-state index is 13.4. The normalized spacial score (nSPS) is 10.8. The molecule has 0 bridgehead atoms. The summed E-state index contributed by atoms with van der Waals surface area (Å²) >= 11 is 1.64. The van der Waals surface area contributed by atoms with Crippen LogP contribution in [0, 0.1) is 5.92 Å². The molecule has 0 aliphatic rings. The number of ether oxygens (including phenoxy) is 2. The Kier molecular flexibility index (Phi) is 11.2. The fraction of sp³-hybridized carbons (Fsp3) is 0.538. The van der Waals surface area contributed by atoms with Crippen LogP contribution in [0.2, 0.25) is 0 Å². The Balaban J connectivity index is 2.14. The lowest BCUT2D eigenvalue weighted by molar-refractivity contribution is -0.141. The van der Waals surface area contributed by atoms with E-state index in [9.17, 15) is 9.59 Å². The van der Waals surface area contributed by atoms with E-state index in [4.69, 9.17) is 9.47 Å². The first-order chi connectivity index (χ1) is 15.9. The zero-order valence-electron chi connectivity index (χ0n) is 20.6. The van der Waals surface area contributed by atoms with Gasteiger partial charge in [0.05, 0.1) is 27.3 Å². The van der Waals surface area contributed by atoms with Crippen molar-refractivity contribution < 1.29 is 19.1 Å². The minimum atomic E-state index is -0.0166. The number of thiophene rings is 1. The van der Waals surface area contributed by atoms with Gasteiger partial charge >= 0.3 is 0 Å². The Morgan fingerprint density at radius 2 is 1.76 bits per heavy atom. The highest BCUT2D eigenvalue weighted by atomic mass is 32.1. The van der Waals surface area contributed by atoms with Crippen molar-refractivity contribution >= 4 is 23.2 Å². The van der Waals surface area contributed by atoms with Crippen LogP contribution in [-0.2, 0) is 22.6 Å². The molecule has 2 amide bonds. The highest BCUT2D eigenvalue weighted by Gasteiger charge is 2.22. The van der Waals surface area contributed by atoms with Gasteiger partial charge in [-0.3, -0.25) is 9.59 Å². The van der Waals surface area contributed by atoms with E-state index in [-0.39, 0.29) is 24.3 Å². The Morgan fingerprint density at radius 3 is 2.36 bits per heavy atom. The SMILES string of the molecule is CCCCN(CC(=O)N(CCc1ccc(OC)c(OC)c1)Cc1cccs1)C(=O)CC(C)C. The predicted octanol–water partition coefficient (Wildman–Crippen LogP) is 5.01. The lowest BCUT2D eigenvalue weighted by Gasteiger charge is -2.28. The zero-order valence-corrected chi connectivity index (χ0v) is 21.5. The first-order valence-electron chi connectivity index (χ1n) is 11.7. The first-order valence-corrected chi connectivity index (χ1v) is 12.5. The maximum absolute atomic E-state index is 13.4. The first kappa shape index (κ1) is 26.7. The second-order valence-corrected chi connectivity index (χ2v) is 9.63. The molecule has 0 atom stereocenters. The van der Waals surface area contributed by atoms with Crippen LogP contribution in [-0.4, -0.2) is 55.5 Å². The van der Waals surface area contributed by atoms with Gasteiger partial charge in [-0.25, -0.2) is 0 Å². The average Bonchev–Trinajstić information content (AvgIpc) is 3.31. The third-order valence-corrected chi connectivity index (χ3v) is 6.30. The number of methoxy groups -OCH3 is 2. The Hall–Kier alpha value is -2.54. The van der Waals surface area contributed by atoms with E-state index in [2.05, 4.69) is 6.92 Å². The Morgan fingerprint density at radius 1 is 1.00 bits per heavy atom. The van der Waals surface area contributed by atoms with Crippen molar-refractivity contribution in [2.45, 2.75) is 53.0 Å². The molecule has 2 aromatic rings. The van der Waals surface area contributed by atoms with Gasteiger partial charge in [0.15, 0.2) is 11.5 Å².